The van der Waals surface area contributed by atoms with E-state index in [1.807, 2.05) is 6.07 Å². The number of hydrogen-bond acceptors (Lipinski definition) is 1. The quantitative estimate of drug-likeness (QED) is 0.463. The van der Waals surface area contributed by atoms with Gasteiger partial charge in [-0.1, -0.05) is 65.0 Å². The second-order valence-electron chi connectivity index (χ2n) is 9.35. The van der Waals surface area contributed by atoms with Gasteiger partial charge in [0.2, 0.25) is 0 Å². The molecule has 3 aromatic carbocycles. The van der Waals surface area contributed by atoms with Crippen LogP contribution in [0.15, 0.2) is 48.5 Å². The Labute approximate surface area is 167 Å². The van der Waals surface area contributed by atoms with Crippen molar-refractivity contribution in [3.8, 4) is 22.3 Å². The van der Waals surface area contributed by atoms with Gasteiger partial charge in [-0.2, -0.15) is 0 Å². The first-order valence-corrected chi connectivity index (χ1v) is 10.2. The van der Waals surface area contributed by atoms with Crippen LogP contribution in [-0.4, -0.2) is 6.29 Å². The predicted molar refractivity (Wildman–Crippen MR) is 116 cm³/mol. The average Bonchev–Trinajstić information content (AvgIpc) is 3.06. The molecule has 0 saturated carbocycles. The van der Waals surface area contributed by atoms with E-state index in [0.717, 1.165) is 18.3 Å². The van der Waals surface area contributed by atoms with Crippen LogP contribution in [0.25, 0.3) is 22.3 Å². The largest absolute Gasteiger partial charge is 0.298 e. The molecule has 3 aromatic rings. The third-order valence-corrected chi connectivity index (χ3v) is 7.10. The second-order valence-corrected chi connectivity index (χ2v) is 9.35. The van der Waals surface area contributed by atoms with Gasteiger partial charge < -0.3 is 0 Å². The summed E-state index contributed by atoms with van der Waals surface area (Å²) < 4.78 is 0. The van der Waals surface area contributed by atoms with E-state index in [0.29, 0.717) is 0 Å². The molecule has 2 aliphatic carbocycles. The van der Waals surface area contributed by atoms with Crippen LogP contribution in [0, 0.1) is 0 Å². The van der Waals surface area contributed by atoms with Crippen LogP contribution < -0.4 is 0 Å². The minimum atomic E-state index is -0.102. The number of aryl methyl sites for hydroxylation is 1. The highest BCUT2D eigenvalue weighted by Crippen LogP contribution is 2.56. The highest BCUT2D eigenvalue weighted by molar-refractivity contribution is 5.90. The van der Waals surface area contributed by atoms with Crippen LogP contribution in [0.4, 0.5) is 0 Å². The molecule has 2 aliphatic rings. The minimum Gasteiger partial charge on any atom is -0.298 e. The summed E-state index contributed by atoms with van der Waals surface area (Å²) in [6, 6.07) is 18.0. The molecule has 0 radical (unpaired) electrons. The fourth-order valence-electron chi connectivity index (χ4n) is 5.32. The standard InChI is InChI=1S/C27H26O/c1-6-16-7-9-18-20-13-25-21(14-24(20)26(2,3)22(18)11-16)19-10-8-17(15-28)12-23(19)27(25,4)5/h7-15H,6H2,1-5H3. The van der Waals surface area contributed by atoms with Gasteiger partial charge in [0.25, 0.3) is 0 Å². The van der Waals surface area contributed by atoms with Gasteiger partial charge in [-0.3, -0.25) is 4.79 Å². The molecule has 28 heavy (non-hydrogen) atoms. The van der Waals surface area contributed by atoms with Crippen molar-refractivity contribution >= 4 is 6.29 Å². The Kier molecular flexibility index (Phi) is 3.39. The van der Waals surface area contributed by atoms with E-state index in [-0.39, 0.29) is 10.8 Å². The Hall–Kier alpha value is -2.67. The molecule has 0 fully saturated rings. The molecule has 0 amide bonds. The normalized spacial score (nSPS) is 16.9. The van der Waals surface area contributed by atoms with Crippen LogP contribution in [0.1, 0.15) is 72.8 Å². The lowest BCUT2D eigenvalue weighted by molar-refractivity contribution is 0.112. The summed E-state index contributed by atoms with van der Waals surface area (Å²) in [6.07, 6.45) is 2.01. The van der Waals surface area contributed by atoms with Crippen molar-refractivity contribution in [3.63, 3.8) is 0 Å². The lowest BCUT2D eigenvalue weighted by Gasteiger charge is -2.24. The van der Waals surface area contributed by atoms with Gasteiger partial charge in [0.15, 0.2) is 0 Å². The van der Waals surface area contributed by atoms with Crippen LogP contribution in [0.3, 0.4) is 0 Å². The summed E-state index contributed by atoms with van der Waals surface area (Å²) >= 11 is 0. The van der Waals surface area contributed by atoms with Crippen molar-refractivity contribution in [1.82, 2.24) is 0 Å². The molecule has 0 atom stereocenters. The molecular weight excluding hydrogens is 340 g/mol. The van der Waals surface area contributed by atoms with E-state index in [9.17, 15) is 4.79 Å². The summed E-state index contributed by atoms with van der Waals surface area (Å²) in [7, 11) is 0. The minimum absolute atomic E-state index is 0.000506. The third kappa shape index (κ3) is 2.05. The SMILES string of the molecule is CCc1ccc2c(c1)C(C)(C)c1cc3c(cc1-2)C(C)(C)c1cc(C=O)ccc1-3. The molecule has 0 unspecified atom stereocenters. The molecule has 140 valence electrons. The maximum absolute atomic E-state index is 11.3. The number of carbonyl (C=O) groups is 1. The third-order valence-electron chi connectivity index (χ3n) is 7.10. The Balaban J connectivity index is 1.79. The van der Waals surface area contributed by atoms with Crippen LogP contribution in [-0.2, 0) is 17.3 Å². The van der Waals surface area contributed by atoms with Gasteiger partial charge in [0, 0.05) is 16.4 Å². The summed E-state index contributed by atoms with van der Waals surface area (Å²) in [5, 5.41) is 0. The van der Waals surface area contributed by atoms with Crippen molar-refractivity contribution in [2.45, 2.75) is 51.9 Å². The molecule has 0 N–H and O–H groups in total. The first-order valence-electron chi connectivity index (χ1n) is 10.2. The van der Waals surface area contributed by atoms with Crippen LogP contribution >= 0.6 is 0 Å². The van der Waals surface area contributed by atoms with E-state index in [2.05, 4.69) is 77.1 Å². The maximum atomic E-state index is 11.3. The summed E-state index contributed by atoms with van der Waals surface area (Å²) in [5.74, 6) is 0. The molecule has 0 aromatic heterocycles. The molecule has 0 bridgehead atoms. The lowest BCUT2D eigenvalue weighted by Crippen LogP contribution is -2.17. The van der Waals surface area contributed by atoms with Crippen LogP contribution in [0.2, 0.25) is 0 Å². The Morgan fingerprint density at radius 1 is 0.679 bits per heavy atom. The first-order chi connectivity index (χ1) is 13.3. The zero-order valence-corrected chi connectivity index (χ0v) is 17.3. The Bertz CT molecular complexity index is 1160. The van der Waals surface area contributed by atoms with Gasteiger partial charge >= 0.3 is 0 Å². The topological polar surface area (TPSA) is 17.1 Å². The van der Waals surface area contributed by atoms with Gasteiger partial charge in [-0.25, -0.2) is 0 Å². The van der Waals surface area contributed by atoms with Crippen molar-refractivity contribution in [2.24, 2.45) is 0 Å². The number of fused-ring (bicyclic) bond motifs is 6. The molecule has 1 heteroatoms. The van der Waals surface area contributed by atoms with Gasteiger partial charge in [0.1, 0.15) is 6.29 Å². The lowest BCUT2D eigenvalue weighted by atomic mass is 9.79. The number of benzene rings is 3. The molecule has 5 rings (SSSR count). The van der Waals surface area contributed by atoms with Gasteiger partial charge in [-0.15, -0.1) is 0 Å². The molecule has 1 nitrogen and oxygen atoms in total. The molecule has 0 aliphatic heterocycles. The number of hydrogen-bond donors (Lipinski definition) is 0. The van der Waals surface area contributed by atoms with Gasteiger partial charge in [0.05, 0.1) is 0 Å². The Morgan fingerprint density at radius 2 is 1.18 bits per heavy atom. The molecular formula is C27H26O. The number of carbonyl (C=O) groups excluding carboxylic acids is 1. The number of aldehydes is 1. The number of rotatable bonds is 2. The zero-order chi connectivity index (χ0) is 19.8. The molecule has 0 saturated heterocycles. The monoisotopic (exact) mass is 366 g/mol. The van der Waals surface area contributed by atoms with Crippen LogP contribution in [0.5, 0.6) is 0 Å². The van der Waals surface area contributed by atoms with Crippen molar-refractivity contribution < 1.29 is 4.79 Å². The first kappa shape index (κ1) is 17.4. The summed E-state index contributed by atoms with van der Waals surface area (Å²) in [5.41, 5.74) is 12.9. The smallest absolute Gasteiger partial charge is 0.150 e. The van der Waals surface area contributed by atoms with Gasteiger partial charge in [-0.05, 0) is 74.7 Å². The zero-order valence-electron chi connectivity index (χ0n) is 17.3. The maximum Gasteiger partial charge on any atom is 0.150 e. The summed E-state index contributed by atoms with van der Waals surface area (Å²) in [6.45, 7) is 11.5. The average molecular weight is 367 g/mol. The van der Waals surface area contributed by atoms with E-state index in [1.165, 1.54) is 50.1 Å². The predicted octanol–water partition coefficient (Wildman–Crippen LogP) is 6.67. The molecule has 0 heterocycles. The fraction of sp³-hybridized carbons (Fsp3) is 0.296. The summed E-state index contributed by atoms with van der Waals surface area (Å²) in [4.78, 5) is 11.3. The van der Waals surface area contributed by atoms with Crippen molar-refractivity contribution in [2.75, 3.05) is 0 Å². The van der Waals surface area contributed by atoms with Crippen molar-refractivity contribution in [3.05, 3.63) is 81.9 Å². The second kappa shape index (κ2) is 5.44. The van der Waals surface area contributed by atoms with E-state index < -0.39 is 0 Å². The molecule has 0 spiro atoms. The van der Waals surface area contributed by atoms with E-state index >= 15 is 0 Å². The van der Waals surface area contributed by atoms with Crippen molar-refractivity contribution in [1.29, 1.82) is 0 Å². The van der Waals surface area contributed by atoms with E-state index in [4.69, 9.17) is 0 Å². The highest BCUT2D eigenvalue weighted by atomic mass is 16.1. The highest BCUT2D eigenvalue weighted by Gasteiger charge is 2.41. The fourth-order valence-corrected chi connectivity index (χ4v) is 5.32. The van der Waals surface area contributed by atoms with E-state index in [1.54, 1.807) is 0 Å². The Morgan fingerprint density at radius 3 is 1.71 bits per heavy atom.